The fourth-order valence-corrected chi connectivity index (χ4v) is 3.15. The minimum atomic E-state index is -0.357. The Labute approximate surface area is 130 Å². The SMILES string of the molecule is C=c1c(=O)n(CC/C=C/CCC2CCCC2)c(=O)[nH]/c1=C/C. The van der Waals surface area contributed by atoms with Gasteiger partial charge >= 0.3 is 5.69 Å². The number of nitrogens with zero attached hydrogens (tertiary/aromatic N) is 1. The number of hydrogen-bond donors (Lipinski definition) is 1. The lowest BCUT2D eigenvalue weighted by atomic mass is 10.0. The Balaban J connectivity index is 1.89. The number of H-pyrrole nitrogens is 1. The number of aromatic nitrogens is 2. The van der Waals surface area contributed by atoms with E-state index < -0.39 is 0 Å². The maximum Gasteiger partial charge on any atom is 0.328 e. The zero-order valence-corrected chi connectivity index (χ0v) is 13.4. The molecule has 1 aromatic rings. The van der Waals surface area contributed by atoms with Crippen LogP contribution >= 0.6 is 0 Å². The van der Waals surface area contributed by atoms with Crippen LogP contribution in [0.25, 0.3) is 12.7 Å². The largest absolute Gasteiger partial charge is 0.328 e. The third-order valence-electron chi connectivity index (χ3n) is 4.51. The Bertz CT molecular complexity index is 734. The average molecular weight is 302 g/mol. The molecule has 120 valence electrons. The van der Waals surface area contributed by atoms with E-state index >= 15 is 0 Å². The van der Waals surface area contributed by atoms with Gasteiger partial charge in [0.25, 0.3) is 5.56 Å². The first-order valence-corrected chi connectivity index (χ1v) is 8.27. The first-order valence-electron chi connectivity index (χ1n) is 8.27. The summed E-state index contributed by atoms with van der Waals surface area (Å²) >= 11 is 0. The predicted molar refractivity (Wildman–Crippen MR) is 91.2 cm³/mol. The lowest BCUT2D eigenvalue weighted by Crippen LogP contribution is -2.52. The number of hydrogen-bond acceptors (Lipinski definition) is 2. The summed E-state index contributed by atoms with van der Waals surface area (Å²) in [6.45, 7) is 5.92. The van der Waals surface area contributed by atoms with Crippen LogP contribution in [0.2, 0.25) is 0 Å². The maximum atomic E-state index is 12.1. The third kappa shape index (κ3) is 4.09. The molecule has 0 spiro atoms. The van der Waals surface area contributed by atoms with Gasteiger partial charge in [-0.25, -0.2) is 4.79 Å². The van der Waals surface area contributed by atoms with Crippen LogP contribution in [0.3, 0.4) is 0 Å². The van der Waals surface area contributed by atoms with E-state index in [-0.39, 0.29) is 11.2 Å². The average Bonchev–Trinajstić information content (AvgIpc) is 3.02. The van der Waals surface area contributed by atoms with Crippen LogP contribution in [-0.2, 0) is 6.54 Å². The molecule has 1 N–H and O–H groups in total. The molecule has 0 amide bonds. The Morgan fingerprint density at radius 2 is 1.91 bits per heavy atom. The fraction of sp³-hybridized carbons (Fsp3) is 0.556. The number of allylic oxidation sites excluding steroid dienone is 2. The molecule has 0 unspecified atom stereocenters. The van der Waals surface area contributed by atoms with E-state index in [4.69, 9.17) is 0 Å². The van der Waals surface area contributed by atoms with Crippen LogP contribution in [0.5, 0.6) is 0 Å². The Kier molecular flexibility index (Phi) is 5.99. The zero-order chi connectivity index (χ0) is 15.9. The van der Waals surface area contributed by atoms with Crippen molar-refractivity contribution in [2.45, 2.75) is 58.4 Å². The molecule has 0 aliphatic heterocycles. The first-order chi connectivity index (χ1) is 10.6. The van der Waals surface area contributed by atoms with Gasteiger partial charge in [-0.05, 0) is 32.1 Å². The molecule has 2 rings (SSSR count). The van der Waals surface area contributed by atoms with Gasteiger partial charge in [0.1, 0.15) is 0 Å². The van der Waals surface area contributed by atoms with Gasteiger partial charge in [-0.1, -0.05) is 50.5 Å². The summed E-state index contributed by atoms with van der Waals surface area (Å²) in [6, 6.07) is 0. The molecule has 4 heteroatoms. The number of nitrogens with one attached hydrogen (secondary N) is 1. The molecule has 22 heavy (non-hydrogen) atoms. The van der Waals surface area contributed by atoms with Gasteiger partial charge in [-0.15, -0.1) is 0 Å². The fourth-order valence-electron chi connectivity index (χ4n) is 3.15. The number of aromatic amines is 1. The molecule has 1 aliphatic rings. The highest BCUT2D eigenvalue weighted by Crippen LogP contribution is 2.28. The highest BCUT2D eigenvalue weighted by molar-refractivity contribution is 5.17. The minimum Gasteiger partial charge on any atom is -0.307 e. The lowest BCUT2D eigenvalue weighted by molar-refractivity contribution is 0.508. The summed E-state index contributed by atoms with van der Waals surface area (Å²) < 4.78 is 1.23. The quantitative estimate of drug-likeness (QED) is 0.813. The monoisotopic (exact) mass is 302 g/mol. The van der Waals surface area contributed by atoms with E-state index in [1.807, 2.05) is 0 Å². The summed E-state index contributed by atoms with van der Waals surface area (Å²) in [4.78, 5) is 26.7. The van der Waals surface area contributed by atoms with Gasteiger partial charge < -0.3 is 4.98 Å². The molecular formula is C18H26N2O2. The molecule has 1 heterocycles. The van der Waals surface area contributed by atoms with Gasteiger partial charge in [0, 0.05) is 6.54 Å². The van der Waals surface area contributed by atoms with E-state index in [9.17, 15) is 9.59 Å². The molecule has 0 aromatic carbocycles. The summed E-state index contributed by atoms with van der Waals surface area (Å²) in [7, 11) is 0. The summed E-state index contributed by atoms with van der Waals surface area (Å²) in [6.07, 6.45) is 14.5. The van der Waals surface area contributed by atoms with Gasteiger partial charge in [0.15, 0.2) is 0 Å². The molecule has 1 fully saturated rings. The zero-order valence-electron chi connectivity index (χ0n) is 13.4. The van der Waals surface area contributed by atoms with Crippen molar-refractivity contribution < 1.29 is 0 Å². The number of rotatable bonds is 6. The van der Waals surface area contributed by atoms with Crippen molar-refractivity contribution in [2.24, 2.45) is 5.92 Å². The summed E-state index contributed by atoms with van der Waals surface area (Å²) in [5.41, 5.74) is -0.652. The smallest absolute Gasteiger partial charge is 0.307 e. The molecule has 1 aliphatic carbocycles. The topological polar surface area (TPSA) is 54.9 Å². The van der Waals surface area contributed by atoms with E-state index in [0.29, 0.717) is 23.5 Å². The van der Waals surface area contributed by atoms with Gasteiger partial charge in [-0.3, -0.25) is 9.36 Å². The molecular weight excluding hydrogens is 276 g/mol. The molecule has 4 nitrogen and oxygen atoms in total. The Hall–Kier alpha value is -1.84. The second kappa shape index (κ2) is 7.97. The Morgan fingerprint density at radius 1 is 1.23 bits per heavy atom. The first kappa shape index (κ1) is 16.5. The third-order valence-corrected chi connectivity index (χ3v) is 4.51. The highest BCUT2D eigenvalue weighted by Gasteiger charge is 2.13. The van der Waals surface area contributed by atoms with Crippen LogP contribution in [0, 0.1) is 5.92 Å². The van der Waals surface area contributed by atoms with Gasteiger partial charge in [0.05, 0.1) is 10.6 Å². The van der Waals surface area contributed by atoms with Crippen LogP contribution in [0.1, 0.15) is 51.9 Å². The van der Waals surface area contributed by atoms with E-state index in [1.165, 1.54) is 36.7 Å². The van der Waals surface area contributed by atoms with Crippen LogP contribution in [0.15, 0.2) is 21.7 Å². The molecule has 0 saturated heterocycles. The maximum absolute atomic E-state index is 12.1. The van der Waals surface area contributed by atoms with Crippen molar-refractivity contribution in [3.05, 3.63) is 43.6 Å². The predicted octanol–water partition coefficient (Wildman–Crippen LogP) is 1.66. The minimum absolute atomic E-state index is 0.295. The van der Waals surface area contributed by atoms with Crippen LogP contribution in [0.4, 0.5) is 0 Å². The van der Waals surface area contributed by atoms with Crippen molar-refractivity contribution >= 4 is 12.7 Å². The van der Waals surface area contributed by atoms with Crippen molar-refractivity contribution in [3.8, 4) is 0 Å². The molecule has 0 atom stereocenters. The van der Waals surface area contributed by atoms with Crippen molar-refractivity contribution in [3.63, 3.8) is 0 Å². The normalized spacial score (nSPS) is 16.9. The van der Waals surface area contributed by atoms with Crippen molar-refractivity contribution in [1.29, 1.82) is 0 Å². The van der Waals surface area contributed by atoms with E-state index in [1.54, 1.807) is 13.0 Å². The van der Waals surface area contributed by atoms with Crippen molar-refractivity contribution in [2.75, 3.05) is 0 Å². The molecule has 1 saturated carbocycles. The van der Waals surface area contributed by atoms with Crippen LogP contribution < -0.4 is 21.8 Å². The van der Waals surface area contributed by atoms with E-state index in [0.717, 1.165) is 12.3 Å². The molecule has 1 aromatic heterocycles. The van der Waals surface area contributed by atoms with Crippen molar-refractivity contribution in [1.82, 2.24) is 9.55 Å². The Morgan fingerprint density at radius 3 is 2.59 bits per heavy atom. The highest BCUT2D eigenvalue weighted by atomic mass is 16.2. The van der Waals surface area contributed by atoms with Crippen LogP contribution in [-0.4, -0.2) is 9.55 Å². The standard InChI is InChI=1S/C18H26N2O2/c1-3-16-14(2)17(21)20(18(22)19-16)13-9-5-4-6-10-15-11-7-8-12-15/h3-5,15H,2,6-13H2,1H3,(H,19,22)/b5-4+,16-3+. The molecule has 0 bridgehead atoms. The summed E-state index contributed by atoms with van der Waals surface area (Å²) in [5.74, 6) is 0.904. The van der Waals surface area contributed by atoms with Gasteiger partial charge in [-0.2, -0.15) is 0 Å². The molecule has 0 radical (unpaired) electrons. The summed E-state index contributed by atoms with van der Waals surface area (Å²) in [5, 5.41) is 0.866. The second-order valence-corrected chi connectivity index (χ2v) is 6.06. The second-order valence-electron chi connectivity index (χ2n) is 6.06. The lowest BCUT2D eigenvalue weighted by Gasteiger charge is -2.05. The van der Waals surface area contributed by atoms with Gasteiger partial charge in [0.2, 0.25) is 0 Å². The van der Waals surface area contributed by atoms with E-state index in [2.05, 4.69) is 23.7 Å².